The van der Waals surface area contributed by atoms with Crippen LogP contribution in [0.25, 0.3) is 22.5 Å². The highest BCUT2D eigenvalue weighted by Crippen LogP contribution is 2.26. The highest BCUT2D eigenvalue weighted by Gasteiger charge is 2.07. The van der Waals surface area contributed by atoms with Gasteiger partial charge in [0.15, 0.2) is 6.61 Å². The average molecular weight is 445 g/mol. The molecule has 0 aliphatic carbocycles. The highest BCUT2D eigenvalue weighted by molar-refractivity contribution is 6.30. The molecule has 0 spiro atoms. The Kier molecular flexibility index (Phi) is 6.68. The van der Waals surface area contributed by atoms with E-state index in [1.165, 1.54) is 0 Å². The molecule has 4 aromatic rings. The standard InChI is InChI=1S/C26H21ClN2O3/c1-31-23-5-2-4-19(16-23)25-7-3-6-24(29-25)18-8-12-21(13-9-18)28-26(30)17-32-22-14-10-20(27)11-15-22/h2-16H,17H2,1H3,(H,28,30). The number of hydrogen-bond acceptors (Lipinski definition) is 4. The molecule has 0 saturated carbocycles. The van der Waals surface area contributed by atoms with Crippen molar-refractivity contribution in [1.29, 1.82) is 0 Å². The molecule has 0 radical (unpaired) electrons. The van der Waals surface area contributed by atoms with Crippen LogP contribution in [0.1, 0.15) is 0 Å². The SMILES string of the molecule is COc1cccc(-c2cccc(-c3ccc(NC(=O)COc4ccc(Cl)cc4)cc3)n2)c1. The molecular formula is C26H21ClN2O3. The first-order chi connectivity index (χ1) is 15.6. The van der Waals surface area contributed by atoms with Crippen molar-refractivity contribution < 1.29 is 14.3 Å². The van der Waals surface area contributed by atoms with E-state index in [9.17, 15) is 4.79 Å². The van der Waals surface area contributed by atoms with Gasteiger partial charge in [0.1, 0.15) is 11.5 Å². The number of carbonyl (C=O) groups is 1. The third-order valence-electron chi connectivity index (χ3n) is 4.76. The number of methoxy groups -OCH3 is 1. The Morgan fingerprint density at radius 3 is 2.25 bits per heavy atom. The van der Waals surface area contributed by atoms with Crippen molar-refractivity contribution in [2.75, 3.05) is 19.0 Å². The van der Waals surface area contributed by atoms with Crippen LogP contribution in [0.4, 0.5) is 5.69 Å². The Balaban J connectivity index is 1.41. The molecule has 6 heteroatoms. The van der Waals surface area contributed by atoms with Crippen molar-refractivity contribution in [3.05, 3.63) is 96.0 Å². The van der Waals surface area contributed by atoms with E-state index >= 15 is 0 Å². The number of carbonyl (C=O) groups excluding carboxylic acids is 1. The molecule has 160 valence electrons. The van der Waals surface area contributed by atoms with Gasteiger partial charge in [-0.15, -0.1) is 0 Å². The third-order valence-corrected chi connectivity index (χ3v) is 5.01. The topological polar surface area (TPSA) is 60.5 Å². The summed E-state index contributed by atoms with van der Waals surface area (Å²) in [4.78, 5) is 17.0. The first kappa shape index (κ1) is 21.4. The Morgan fingerprint density at radius 1 is 0.844 bits per heavy atom. The summed E-state index contributed by atoms with van der Waals surface area (Å²) in [7, 11) is 1.65. The maximum atomic E-state index is 12.2. The average Bonchev–Trinajstić information content (AvgIpc) is 2.84. The van der Waals surface area contributed by atoms with E-state index in [-0.39, 0.29) is 12.5 Å². The molecule has 1 amide bonds. The Bertz CT molecular complexity index is 1210. The van der Waals surface area contributed by atoms with E-state index < -0.39 is 0 Å². The molecule has 0 aliphatic heterocycles. The summed E-state index contributed by atoms with van der Waals surface area (Å²) < 4.78 is 10.8. The van der Waals surface area contributed by atoms with Crippen LogP contribution < -0.4 is 14.8 Å². The van der Waals surface area contributed by atoms with Crippen LogP contribution in [0.3, 0.4) is 0 Å². The highest BCUT2D eigenvalue weighted by atomic mass is 35.5. The van der Waals surface area contributed by atoms with Crippen molar-refractivity contribution in [2.45, 2.75) is 0 Å². The summed E-state index contributed by atoms with van der Waals surface area (Å²) >= 11 is 5.85. The minimum Gasteiger partial charge on any atom is -0.497 e. The summed E-state index contributed by atoms with van der Waals surface area (Å²) in [5.41, 5.74) is 4.32. The van der Waals surface area contributed by atoms with Gasteiger partial charge in [0.2, 0.25) is 0 Å². The lowest BCUT2D eigenvalue weighted by Gasteiger charge is -2.09. The maximum Gasteiger partial charge on any atom is 0.262 e. The van der Waals surface area contributed by atoms with E-state index in [0.717, 1.165) is 28.3 Å². The lowest BCUT2D eigenvalue weighted by molar-refractivity contribution is -0.118. The molecule has 5 nitrogen and oxygen atoms in total. The van der Waals surface area contributed by atoms with E-state index in [4.69, 9.17) is 26.1 Å². The van der Waals surface area contributed by atoms with Gasteiger partial charge >= 0.3 is 0 Å². The second-order valence-corrected chi connectivity index (χ2v) is 7.44. The zero-order valence-corrected chi connectivity index (χ0v) is 18.2. The molecule has 1 N–H and O–H groups in total. The number of nitrogens with zero attached hydrogens (tertiary/aromatic N) is 1. The van der Waals surface area contributed by atoms with Crippen LogP contribution in [-0.2, 0) is 4.79 Å². The third kappa shape index (κ3) is 5.45. The van der Waals surface area contributed by atoms with E-state index in [1.54, 1.807) is 31.4 Å². The van der Waals surface area contributed by atoms with E-state index in [1.807, 2.05) is 66.7 Å². The number of aromatic nitrogens is 1. The fourth-order valence-electron chi connectivity index (χ4n) is 3.14. The largest absolute Gasteiger partial charge is 0.497 e. The lowest BCUT2D eigenvalue weighted by Crippen LogP contribution is -2.20. The van der Waals surface area contributed by atoms with Crippen molar-refractivity contribution in [1.82, 2.24) is 4.98 Å². The van der Waals surface area contributed by atoms with Crippen molar-refractivity contribution >= 4 is 23.2 Å². The van der Waals surface area contributed by atoms with Crippen LogP contribution in [0, 0.1) is 0 Å². The fourth-order valence-corrected chi connectivity index (χ4v) is 3.27. The Hall–Kier alpha value is -3.83. The van der Waals surface area contributed by atoms with E-state index in [2.05, 4.69) is 5.32 Å². The minimum atomic E-state index is -0.245. The Morgan fingerprint density at radius 2 is 1.53 bits per heavy atom. The van der Waals surface area contributed by atoms with Gasteiger partial charge in [-0.25, -0.2) is 4.98 Å². The van der Waals surface area contributed by atoms with Gasteiger partial charge < -0.3 is 14.8 Å². The predicted molar refractivity (Wildman–Crippen MR) is 127 cm³/mol. The summed E-state index contributed by atoms with van der Waals surface area (Å²) in [5, 5.41) is 3.44. The monoisotopic (exact) mass is 444 g/mol. The molecule has 4 rings (SSSR count). The van der Waals surface area contributed by atoms with Crippen LogP contribution >= 0.6 is 11.6 Å². The van der Waals surface area contributed by atoms with Crippen LogP contribution in [0.2, 0.25) is 5.02 Å². The first-order valence-electron chi connectivity index (χ1n) is 10.0. The fraction of sp³-hybridized carbons (Fsp3) is 0.0769. The van der Waals surface area contributed by atoms with Crippen LogP contribution in [0.5, 0.6) is 11.5 Å². The maximum absolute atomic E-state index is 12.2. The summed E-state index contributed by atoms with van der Waals surface area (Å²) in [5.74, 6) is 1.13. The van der Waals surface area contributed by atoms with Gasteiger partial charge in [0.25, 0.3) is 5.91 Å². The molecule has 1 heterocycles. The smallest absolute Gasteiger partial charge is 0.262 e. The van der Waals surface area contributed by atoms with E-state index in [0.29, 0.717) is 16.5 Å². The molecule has 32 heavy (non-hydrogen) atoms. The minimum absolute atomic E-state index is 0.0898. The van der Waals surface area contributed by atoms with Gasteiger partial charge in [-0.05, 0) is 60.7 Å². The summed E-state index contributed by atoms with van der Waals surface area (Å²) in [6.07, 6.45) is 0. The van der Waals surface area contributed by atoms with Gasteiger partial charge in [0, 0.05) is 21.8 Å². The van der Waals surface area contributed by atoms with Gasteiger partial charge in [-0.2, -0.15) is 0 Å². The quantitative estimate of drug-likeness (QED) is 0.374. The Labute approximate surface area is 191 Å². The number of pyridine rings is 1. The molecule has 0 aliphatic rings. The molecule has 1 aromatic heterocycles. The number of halogens is 1. The normalized spacial score (nSPS) is 10.4. The number of hydrogen-bond donors (Lipinski definition) is 1. The summed E-state index contributed by atoms with van der Waals surface area (Å²) in [6.45, 7) is -0.0898. The number of anilines is 1. The molecule has 3 aromatic carbocycles. The molecular weight excluding hydrogens is 424 g/mol. The van der Waals surface area contributed by atoms with Gasteiger partial charge in [-0.3, -0.25) is 4.79 Å². The van der Waals surface area contributed by atoms with Crippen LogP contribution in [-0.4, -0.2) is 24.6 Å². The molecule has 0 atom stereocenters. The number of rotatable bonds is 7. The first-order valence-corrected chi connectivity index (χ1v) is 10.4. The zero-order valence-electron chi connectivity index (χ0n) is 17.4. The molecule has 0 unspecified atom stereocenters. The number of benzene rings is 3. The number of amides is 1. The van der Waals surface area contributed by atoms with Crippen molar-refractivity contribution in [2.24, 2.45) is 0 Å². The van der Waals surface area contributed by atoms with Gasteiger partial charge in [-0.1, -0.05) is 41.9 Å². The zero-order chi connectivity index (χ0) is 22.3. The molecule has 0 saturated heterocycles. The lowest BCUT2D eigenvalue weighted by atomic mass is 10.1. The van der Waals surface area contributed by atoms with Crippen molar-refractivity contribution in [3.63, 3.8) is 0 Å². The summed E-state index contributed by atoms with van der Waals surface area (Å²) in [6, 6.07) is 28.1. The number of ether oxygens (including phenoxy) is 2. The molecule has 0 bridgehead atoms. The second-order valence-electron chi connectivity index (χ2n) is 7.01. The predicted octanol–water partition coefficient (Wildman–Crippen LogP) is 6.10. The van der Waals surface area contributed by atoms with Crippen molar-refractivity contribution in [3.8, 4) is 34.0 Å². The van der Waals surface area contributed by atoms with Crippen LogP contribution in [0.15, 0.2) is 91.0 Å². The van der Waals surface area contributed by atoms with Gasteiger partial charge in [0.05, 0.1) is 18.5 Å². The number of nitrogens with one attached hydrogen (secondary N) is 1. The second kappa shape index (κ2) is 9.98. The molecule has 0 fully saturated rings.